The van der Waals surface area contributed by atoms with Gasteiger partial charge in [0, 0.05) is 12.1 Å². The smallest absolute Gasteiger partial charge is 0.355 e. The minimum Gasteiger partial charge on any atom is -0.472 e. The van der Waals surface area contributed by atoms with E-state index in [-0.39, 0.29) is 11.3 Å². The van der Waals surface area contributed by atoms with Gasteiger partial charge in [0.1, 0.15) is 17.4 Å². The lowest BCUT2D eigenvalue weighted by molar-refractivity contribution is -0.179. The summed E-state index contributed by atoms with van der Waals surface area (Å²) in [6.45, 7) is 1.31. The SMILES string of the molecule is COC(=O)C1=COC(O)[C@H]2[C@@H]1[C@H](O)[C@H](OC(=O)c1ccc[nH]1)[C@]2(C)O. The molecule has 1 aromatic rings. The largest absolute Gasteiger partial charge is 0.472 e. The Morgan fingerprint density at radius 1 is 1.32 bits per heavy atom. The zero-order valence-corrected chi connectivity index (χ0v) is 13.6. The van der Waals surface area contributed by atoms with E-state index in [0.29, 0.717) is 0 Å². The summed E-state index contributed by atoms with van der Waals surface area (Å²) in [7, 11) is 1.16. The number of aromatic amines is 1. The number of aliphatic hydroxyl groups excluding tert-OH is 2. The van der Waals surface area contributed by atoms with Crippen LogP contribution in [0.1, 0.15) is 17.4 Å². The topological polar surface area (TPSA) is 138 Å². The van der Waals surface area contributed by atoms with Gasteiger partial charge < -0.3 is 34.5 Å². The molecule has 0 spiro atoms. The Morgan fingerprint density at radius 3 is 2.64 bits per heavy atom. The molecule has 4 N–H and O–H groups in total. The van der Waals surface area contributed by atoms with Gasteiger partial charge in [-0.05, 0) is 19.1 Å². The molecule has 1 aromatic heterocycles. The highest BCUT2D eigenvalue weighted by Gasteiger charge is 2.65. The minimum atomic E-state index is -1.85. The van der Waals surface area contributed by atoms with Crippen molar-refractivity contribution in [3.8, 4) is 0 Å². The van der Waals surface area contributed by atoms with Crippen LogP contribution >= 0.6 is 0 Å². The van der Waals surface area contributed by atoms with Crippen molar-refractivity contribution in [1.82, 2.24) is 4.98 Å². The number of carbonyl (C=O) groups excluding carboxylic acids is 2. The number of H-pyrrole nitrogens is 1. The number of esters is 2. The lowest BCUT2D eigenvalue weighted by Gasteiger charge is -2.36. The van der Waals surface area contributed by atoms with E-state index in [0.717, 1.165) is 13.4 Å². The standard InChI is InChI=1S/C16H19NO8/c1-16(22)10-9(7(13(19)23-2)6-24-15(10)21)11(18)12(16)25-14(20)8-4-3-5-17-8/h3-6,9-12,15,17-18,21-22H,1-2H3/t9-,10-,11+,12+,15?,16-/m1/s1. The average Bonchev–Trinajstić information content (AvgIpc) is 3.17. The Labute approximate surface area is 142 Å². The predicted octanol–water partition coefficient (Wildman–Crippen LogP) is -0.697. The summed E-state index contributed by atoms with van der Waals surface area (Å²) in [5.41, 5.74) is -1.76. The van der Waals surface area contributed by atoms with Gasteiger partial charge in [-0.15, -0.1) is 0 Å². The molecule has 9 nitrogen and oxygen atoms in total. The molecule has 1 fully saturated rings. The Morgan fingerprint density at radius 2 is 2.04 bits per heavy atom. The number of aliphatic hydroxyl groups is 3. The van der Waals surface area contributed by atoms with Gasteiger partial charge in [0.2, 0.25) is 6.29 Å². The minimum absolute atomic E-state index is 0.0519. The van der Waals surface area contributed by atoms with Gasteiger partial charge in [-0.3, -0.25) is 0 Å². The highest BCUT2D eigenvalue weighted by molar-refractivity contribution is 5.89. The van der Waals surface area contributed by atoms with Crippen LogP contribution in [-0.2, 0) is 19.0 Å². The molecule has 2 aliphatic rings. The van der Waals surface area contributed by atoms with Gasteiger partial charge in [0.15, 0.2) is 6.10 Å². The number of fused-ring (bicyclic) bond motifs is 1. The first-order valence-corrected chi connectivity index (χ1v) is 7.65. The molecule has 2 heterocycles. The monoisotopic (exact) mass is 353 g/mol. The summed E-state index contributed by atoms with van der Waals surface area (Å²) in [6, 6.07) is 3.07. The maximum atomic E-state index is 12.2. The third-order valence-electron chi connectivity index (χ3n) is 4.79. The van der Waals surface area contributed by atoms with E-state index in [9.17, 15) is 24.9 Å². The van der Waals surface area contributed by atoms with Crippen LogP contribution in [0.25, 0.3) is 0 Å². The van der Waals surface area contributed by atoms with Crippen molar-refractivity contribution >= 4 is 11.9 Å². The summed E-state index contributed by atoms with van der Waals surface area (Å²) < 4.78 is 14.9. The lowest BCUT2D eigenvalue weighted by atomic mass is 9.81. The molecule has 0 aromatic carbocycles. The van der Waals surface area contributed by atoms with Crippen molar-refractivity contribution in [2.45, 2.75) is 31.0 Å². The molecule has 6 atom stereocenters. The third kappa shape index (κ3) is 2.70. The number of aromatic nitrogens is 1. The molecule has 1 unspecified atom stereocenters. The van der Waals surface area contributed by atoms with Crippen LogP contribution in [0.2, 0.25) is 0 Å². The molecule has 0 saturated heterocycles. The van der Waals surface area contributed by atoms with Crippen LogP contribution < -0.4 is 0 Å². The van der Waals surface area contributed by atoms with Crippen molar-refractivity contribution < 1.29 is 39.1 Å². The van der Waals surface area contributed by atoms with E-state index < -0.39 is 47.9 Å². The zero-order valence-electron chi connectivity index (χ0n) is 13.6. The zero-order chi connectivity index (χ0) is 18.4. The van der Waals surface area contributed by atoms with E-state index in [2.05, 4.69) is 9.72 Å². The van der Waals surface area contributed by atoms with Crippen molar-refractivity contribution in [2.24, 2.45) is 11.8 Å². The molecule has 1 saturated carbocycles. The maximum absolute atomic E-state index is 12.2. The molecule has 9 heteroatoms. The third-order valence-corrected chi connectivity index (χ3v) is 4.79. The fourth-order valence-electron chi connectivity index (χ4n) is 3.58. The van der Waals surface area contributed by atoms with Gasteiger partial charge in [0.25, 0.3) is 0 Å². The van der Waals surface area contributed by atoms with Crippen LogP contribution in [-0.4, -0.2) is 63.5 Å². The maximum Gasteiger partial charge on any atom is 0.355 e. The van der Waals surface area contributed by atoms with Crippen molar-refractivity contribution in [1.29, 1.82) is 0 Å². The number of ether oxygens (including phenoxy) is 3. The highest BCUT2D eigenvalue weighted by atomic mass is 16.6. The summed E-state index contributed by atoms with van der Waals surface area (Å²) in [4.78, 5) is 26.8. The second-order valence-electron chi connectivity index (χ2n) is 6.27. The van der Waals surface area contributed by atoms with Crippen molar-refractivity contribution in [2.75, 3.05) is 7.11 Å². The predicted molar refractivity (Wildman–Crippen MR) is 80.8 cm³/mol. The molecule has 0 radical (unpaired) electrons. The molecule has 25 heavy (non-hydrogen) atoms. The molecule has 0 amide bonds. The van der Waals surface area contributed by atoms with E-state index in [1.165, 1.54) is 19.2 Å². The summed E-state index contributed by atoms with van der Waals surface area (Å²) in [5, 5.41) is 31.6. The Balaban J connectivity index is 1.93. The van der Waals surface area contributed by atoms with Gasteiger partial charge in [-0.2, -0.15) is 0 Å². The number of nitrogens with one attached hydrogen (secondary N) is 1. The van der Waals surface area contributed by atoms with E-state index in [4.69, 9.17) is 9.47 Å². The number of carbonyl (C=O) groups is 2. The lowest BCUT2D eigenvalue weighted by Crippen LogP contribution is -2.49. The van der Waals surface area contributed by atoms with Crippen molar-refractivity contribution in [3.05, 3.63) is 35.9 Å². The number of hydrogen-bond donors (Lipinski definition) is 4. The highest BCUT2D eigenvalue weighted by Crippen LogP contribution is 2.49. The van der Waals surface area contributed by atoms with Crippen LogP contribution in [0.15, 0.2) is 30.2 Å². The van der Waals surface area contributed by atoms with Gasteiger partial charge >= 0.3 is 11.9 Å². The first kappa shape index (κ1) is 17.5. The van der Waals surface area contributed by atoms with E-state index in [1.807, 2.05) is 0 Å². The molecular formula is C16H19NO8. The number of hydrogen-bond acceptors (Lipinski definition) is 8. The molecule has 3 rings (SSSR count). The second-order valence-corrected chi connectivity index (χ2v) is 6.27. The normalized spacial score (nSPS) is 36.8. The Hall–Kier alpha value is -2.36. The molecule has 0 bridgehead atoms. The first-order valence-electron chi connectivity index (χ1n) is 7.65. The van der Waals surface area contributed by atoms with Gasteiger partial charge in [0.05, 0.1) is 24.9 Å². The fourth-order valence-corrected chi connectivity index (χ4v) is 3.58. The van der Waals surface area contributed by atoms with Crippen LogP contribution in [0.4, 0.5) is 0 Å². The molecular weight excluding hydrogens is 334 g/mol. The summed E-state index contributed by atoms with van der Waals surface area (Å²) in [6.07, 6.45) is -1.80. The molecule has 1 aliphatic heterocycles. The first-order chi connectivity index (χ1) is 11.8. The van der Waals surface area contributed by atoms with Crippen LogP contribution in [0, 0.1) is 11.8 Å². The van der Waals surface area contributed by atoms with Gasteiger partial charge in [-0.25, -0.2) is 9.59 Å². The molecule has 1 aliphatic carbocycles. The van der Waals surface area contributed by atoms with Crippen LogP contribution in [0.5, 0.6) is 0 Å². The van der Waals surface area contributed by atoms with Crippen molar-refractivity contribution in [3.63, 3.8) is 0 Å². The average molecular weight is 353 g/mol. The van der Waals surface area contributed by atoms with Crippen LogP contribution in [0.3, 0.4) is 0 Å². The molecule has 136 valence electrons. The Bertz CT molecular complexity index is 695. The van der Waals surface area contributed by atoms with Gasteiger partial charge in [-0.1, -0.05) is 0 Å². The summed E-state index contributed by atoms with van der Waals surface area (Å²) in [5.74, 6) is -3.67. The summed E-state index contributed by atoms with van der Waals surface area (Å²) >= 11 is 0. The number of rotatable bonds is 3. The quantitative estimate of drug-likeness (QED) is 0.524. The van der Waals surface area contributed by atoms with E-state index in [1.54, 1.807) is 6.07 Å². The fraction of sp³-hybridized carbons (Fsp3) is 0.500. The van der Waals surface area contributed by atoms with E-state index >= 15 is 0 Å². The number of methoxy groups -OCH3 is 1. The Kier molecular flexibility index (Phi) is 4.31. The second kappa shape index (κ2) is 6.17.